The summed E-state index contributed by atoms with van der Waals surface area (Å²) in [4.78, 5) is 28.7. The number of benzene rings is 3. The van der Waals surface area contributed by atoms with Crippen molar-refractivity contribution in [1.29, 1.82) is 0 Å². The Balaban J connectivity index is 2.05. The number of hydrogen-bond acceptors (Lipinski definition) is 5. The molecule has 0 saturated heterocycles. The first-order valence-electron chi connectivity index (χ1n) is 12.9. The van der Waals surface area contributed by atoms with Crippen molar-refractivity contribution >= 4 is 27.5 Å². The van der Waals surface area contributed by atoms with Crippen LogP contribution in [0.1, 0.15) is 38.3 Å². The molecular weight excluding hydrogens is 514 g/mol. The van der Waals surface area contributed by atoms with E-state index in [0.29, 0.717) is 17.9 Å². The fourth-order valence-electron chi connectivity index (χ4n) is 4.19. The fraction of sp³-hybridized carbons (Fsp3) is 0.333. The average Bonchev–Trinajstić information content (AvgIpc) is 2.92. The van der Waals surface area contributed by atoms with Crippen LogP contribution in [0.25, 0.3) is 0 Å². The first-order valence-corrected chi connectivity index (χ1v) is 14.4. The molecule has 9 heteroatoms. The molecule has 0 radical (unpaired) electrons. The maximum Gasteiger partial charge on any atom is 0.264 e. The Kier molecular flexibility index (Phi) is 10.1. The van der Waals surface area contributed by atoms with E-state index in [1.165, 1.54) is 24.1 Å². The van der Waals surface area contributed by atoms with Gasteiger partial charge in [-0.15, -0.1) is 0 Å². The molecule has 208 valence electrons. The van der Waals surface area contributed by atoms with Crippen LogP contribution in [0.3, 0.4) is 0 Å². The number of rotatable bonds is 12. The second-order valence-electron chi connectivity index (χ2n) is 9.62. The molecule has 39 heavy (non-hydrogen) atoms. The van der Waals surface area contributed by atoms with E-state index in [4.69, 9.17) is 4.74 Å². The quantitative estimate of drug-likeness (QED) is 0.357. The van der Waals surface area contributed by atoms with Crippen molar-refractivity contribution < 1.29 is 22.7 Å². The second kappa shape index (κ2) is 13.3. The molecular formula is C30H37N3O5S. The van der Waals surface area contributed by atoms with Crippen LogP contribution in [0, 0.1) is 6.92 Å². The largest absolute Gasteiger partial charge is 0.497 e. The van der Waals surface area contributed by atoms with Gasteiger partial charge in [0.05, 0.1) is 17.7 Å². The van der Waals surface area contributed by atoms with E-state index in [-0.39, 0.29) is 23.4 Å². The monoisotopic (exact) mass is 551 g/mol. The Morgan fingerprint density at radius 1 is 0.923 bits per heavy atom. The predicted molar refractivity (Wildman–Crippen MR) is 153 cm³/mol. The summed E-state index contributed by atoms with van der Waals surface area (Å²) in [5.74, 6) is -0.217. The van der Waals surface area contributed by atoms with Crippen LogP contribution in [-0.2, 0) is 26.2 Å². The molecule has 8 nitrogen and oxygen atoms in total. The number of methoxy groups -OCH3 is 1. The summed E-state index contributed by atoms with van der Waals surface area (Å²) in [6.45, 7) is 7.19. The highest BCUT2D eigenvalue weighted by molar-refractivity contribution is 7.92. The summed E-state index contributed by atoms with van der Waals surface area (Å²) in [7, 11) is -2.59. The normalized spacial score (nSPS) is 12.1. The molecule has 0 heterocycles. The third-order valence-corrected chi connectivity index (χ3v) is 8.05. The van der Waals surface area contributed by atoms with Crippen LogP contribution in [0.15, 0.2) is 83.8 Å². The zero-order valence-corrected chi connectivity index (χ0v) is 23.9. The maximum absolute atomic E-state index is 14.0. The van der Waals surface area contributed by atoms with E-state index in [0.717, 1.165) is 15.4 Å². The van der Waals surface area contributed by atoms with Gasteiger partial charge in [0.25, 0.3) is 10.0 Å². The molecule has 3 aromatic carbocycles. The smallest absolute Gasteiger partial charge is 0.264 e. The van der Waals surface area contributed by atoms with Gasteiger partial charge < -0.3 is 15.0 Å². The number of anilines is 1. The number of amides is 2. The molecule has 0 aliphatic heterocycles. The molecule has 0 saturated carbocycles. The summed E-state index contributed by atoms with van der Waals surface area (Å²) >= 11 is 0. The molecule has 3 rings (SSSR count). The summed E-state index contributed by atoms with van der Waals surface area (Å²) in [5, 5.41) is 2.90. The minimum absolute atomic E-state index is 0.0586. The first-order chi connectivity index (χ1) is 18.6. The van der Waals surface area contributed by atoms with Gasteiger partial charge in [0, 0.05) is 12.6 Å². The SMILES string of the molecule is CC[C@H](C(=O)NC(C)C)N(Cc1ccc(C)cc1)C(=O)CN(c1ccc(OC)cc1)S(=O)(=O)c1ccccc1. The van der Waals surface area contributed by atoms with Crippen molar-refractivity contribution in [2.45, 2.75) is 57.6 Å². The van der Waals surface area contributed by atoms with Gasteiger partial charge in [-0.05, 0) is 69.2 Å². The van der Waals surface area contributed by atoms with Crippen molar-refractivity contribution in [3.63, 3.8) is 0 Å². The molecule has 0 fully saturated rings. The van der Waals surface area contributed by atoms with E-state index in [9.17, 15) is 18.0 Å². The van der Waals surface area contributed by atoms with E-state index < -0.39 is 28.5 Å². The molecule has 0 bridgehead atoms. The third kappa shape index (κ3) is 7.60. The number of nitrogens with zero attached hydrogens (tertiary/aromatic N) is 2. The standard InChI is InChI=1S/C30H37N3O5S/c1-6-28(30(35)31-22(2)3)32(20-24-14-12-23(4)13-15-24)29(34)21-33(25-16-18-26(38-5)19-17-25)39(36,37)27-10-8-7-9-11-27/h7-19,22,28H,6,20-21H2,1-5H3,(H,31,35)/t28-/m1/s1. The van der Waals surface area contributed by atoms with Crippen molar-refractivity contribution in [3.05, 3.63) is 90.0 Å². The first kappa shape index (κ1) is 29.7. The highest BCUT2D eigenvalue weighted by Crippen LogP contribution is 2.26. The molecule has 2 amide bonds. The number of ether oxygens (including phenoxy) is 1. The van der Waals surface area contributed by atoms with E-state index in [2.05, 4.69) is 5.32 Å². The Hall–Kier alpha value is -3.85. The average molecular weight is 552 g/mol. The lowest BCUT2D eigenvalue weighted by Crippen LogP contribution is -2.53. The van der Waals surface area contributed by atoms with Gasteiger partial charge in [-0.3, -0.25) is 13.9 Å². The van der Waals surface area contributed by atoms with Crippen molar-refractivity contribution in [3.8, 4) is 5.75 Å². The van der Waals surface area contributed by atoms with E-state index in [1.54, 1.807) is 42.5 Å². The Morgan fingerprint density at radius 2 is 1.54 bits per heavy atom. The molecule has 0 unspecified atom stereocenters. The summed E-state index contributed by atoms with van der Waals surface area (Å²) in [6.07, 6.45) is 0.365. The Bertz CT molecular complexity index is 1340. The van der Waals surface area contributed by atoms with Gasteiger partial charge in [-0.1, -0.05) is 55.0 Å². The highest BCUT2D eigenvalue weighted by atomic mass is 32.2. The van der Waals surface area contributed by atoms with Gasteiger partial charge in [0.1, 0.15) is 18.3 Å². The van der Waals surface area contributed by atoms with Crippen molar-refractivity contribution in [1.82, 2.24) is 10.2 Å². The number of hydrogen-bond donors (Lipinski definition) is 1. The van der Waals surface area contributed by atoms with Crippen LogP contribution in [-0.4, -0.2) is 50.9 Å². The molecule has 0 aliphatic carbocycles. The minimum Gasteiger partial charge on any atom is -0.497 e. The number of sulfonamides is 1. The Morgan fingerprint density at radius 3 is 2.08 bits per heavy atom. The van der Waals surface area contributed by atoms with E-state index in [1.807, 2.05) is 52.0 Å². The number of aryl methyl sites for hydroxylation is 1. The van der Waals surface area contributed by atoms with Crippen molar-refractivity contribution in [2.24, 2.45) is 0 Å². The summed E-state index contributed by atoms with van der Waals surface area (Å²) < 4.78 is 33.9. The fourth-order valence-corrected chi connectivity index (χ4v) is 5.62. The number of carbonyl (C=O) groups is 2. The molecule has 1 atom stereocenters. The van der Waals surface area contributed by atoms with Gasteiger partial charge in [0.15, 0.2) is 0 Å². The van der Waals surface area contributed by atoms with E-state index >= 15 is 0 Å². The Labute approximate surface area is 231 Å². The maximum atomic E-state index is 14.0. The molecule has 1 N–H and O–H groups in total. The van der Waals surface area contributed by atoms with Crippen molar-refractivity contribution in [2.75, 3.05) is 18.0 Å². The third-order valence-electron chi connectivity index (χ3n) is 6.26. The van der Waals surface area contributed by atoms with Crippen LogP contribution >= 0.6 is 0 Å². The lowest BCUT2D eigenvalue weighted by molar-refractivity contribution is -0.140. The summed E-state index contributed by atoms with van der Waals surface area (Å²) in [5.41, 5.74) is 2.22. The molecule has 0 spiro atoms. The van der Waals surface area contributed by atoms with Gasteiger partial charge >= 0.3 is 0 Å². The lowest BCUT2D eigenvalue weighted by Gasteiger charge is -2.33. The minimum atomic E-state index is -4.11. The van der Waals surface area contributed by atoms with Crippen LogP contribution in [0.5, 0.6) is 5.75 Å². The second-order valence-corrected chi connectivity index (χ2v) is 11.5. The topological polar surface area (TPSA) is 96.0 Å². The number of carbonyl (C=O) groups excluding carboxylic acids is 2. The molecule has 0 aromatic heterocycles. The highest BCUT2D eigenvalue weighted by Gasteiger charge is 2.33. The van der Waals surface area contributed by atoms with Gasteiger partial charge in [-0.2, -0.15) is 0 Å². The van der Waals surface area contributed by atoms with Crippen LogP contribution in [0.2, 0.25) is 0 Å². The van der Waals surface area contributed by atoms with Crippen LogP contribution < -0.4 is 14.4 Å². The molecule has 0 aliphatic rings. The van der Waals surface area contributed by atoms with Crippen LogP contribution in [0.4, 0.5) is 5.69 Å². The number of nitrogens with one attached hydrogen (secondary N) is 1. The zero-order chi connectivity index (χ0) is 28.6. The summed E-state index contributed by atoms with van der Waals surface area (Å²) in [6, 6.07) is 21.3. The lowest BCUT2D eigenvalue weighted by atomic mass is 10.1. The molecule has 3 aromatic rings. The zero-order valence-electron chi connectivity index (χ0n) is 23.1. The van der Waals surface area contributed by atoms with Gasteiger partial charge in [-0.25, -0.2) is 8.42 Å². The van der Waals surface area contributed by atoms with Gasteiger partial charge in [0.2, 0.25) is 11.8 Å². The predicted octanol–water partition coefficient (Wildman–Crippen LogP) is 4.53.